The third kappa shape index (κ3) is 4.46. The number of hydrogen-bond acceptors (Lipinski definition) is 5. The quantitative estimate of drug-likeness (QED) is 0.316. The largest absolute Gasteiger partial charge is 0.508 e. The summed E-state index contributed by atoms with van der Waals surface area (Å²) >= 11 is 0. The molecule has 0 atom stereocenters. The van der Waals surface area contributed by atoms with Crippen molar-refractivity contribution in [3.63, 3.8) is 0 Å². The van der Waals surface area contributed by atoms with Crippen molar-refractivity contribution in [3.05, 3.63) is 114 Å². The summed E-state index contributed by atoms with van der Waals surface area (Å²) in [6.07, 6.45) is 2.08. The summed E-state index contributed by atoms with van der Waals surface area (Å²) in [7, 11) is 0. The molecule has 0 aliphatic rings. The molecule has 0 saturated heterocycles. The molecule has 0 spiro atoms. The lowest BCUT2D eigenvalue weighted by Crippen LogP contribution is -2.24. The topological polar surface area (TPSA) is 92.4 Å². The van der Waals surface area contributed by atoms with Crippen LogP contribution in [-0.4, -0.2) is 30.6 Å². The van der Waals surface area contributed by atoms with E-state index in [0.717, 1.165) is 50.3 Å². The zero-order valence-electron chi connectivity index (χ0n) is 20.8. The Morgan fingerprint density at radius 3 is 2.45 bits per heavy atom. The molecule has 186 valence electrons. The lowest BCUT2D eigenvalue weighted by atomic mass is 9.97. The van der Waals surface area contributed by atoms with Crippen LogP contribution in [0.2, 0.25) is 0 Å². The van der Waals surface area contributed by atoms with Crippen molar-refractivity contribution in [1.82, 2.24) is 24.9 Å². The van der Waals surface area contributed by atoms with Crippen LogP contribution < -0.4 is 5.32 Å². The van der Waals surface area contributed by atoms with E-state index in [9.17, 15) is 9.90 Å². The summed E-state index contributed by atoms with van der Waals surface area (Å²) < 4.78 is 1.97. The maximum absolute atomic E-state index is 12.4. The number of fused-ring (bicyclic) bond motifs is 3. The molecule has 1 amide bonds. The van der Waals surface area contributed by atoms with Crippen LogP contribution >= 0.6 is 0 Å². The summed E-state index contributed by atoms with van der Waals surface area (Å²) in [5, 5.41) is 22.4. The molecule has 0 bridgehead atoms. The normalized spacial score (nSPS) is 11.2. The standard InChI is InChI=1S/C31H25N5O2/c1-20-34-35-31-26-18-25(22-7-3-2-4-8-22)30(33-27(26)15-16-36(20)31)23-13-11-21(12-14-23)19-32-29(38)17-24-9-5-6-10-28(24)37/h2-16,18,37H,17,19H2,1H3,(H,32,38). The van der Waals surface area contributed by atoms with Gasteiger partial charge in [-0.1, -0.05) is 72.8 Å². The molecule has 38 heavy (non-hydrogen) atoms. The summed E-state index contributed by atoms with van der Waals surface area (Å²) in [5.41, 5.74) is 7.14. The van der Waals surface area contributed by atoms with Gasteiger partial charge in [0.05, 0.1) is 17.6 Å². The van der Waals surface area contributed by atoms with E-state index in [1.54, 1.807) is 24.3 Å². The fourth-order valence-corrected chi connectivity index (χ4v) is 4.64. The number of nitrogens with one attached hydrogen (secondary N) is 1. The van der Waals surface area contributed by atoms with E-state index >= 15 is 0 Å². The van der Waals surface area contributed by atoms with Gasteiger partial charge >= 0.3 is 0 Å². The van der Waals surface area contributed by atoms with Gasteiger partial charge in [0.2, 0.25) is 5.91 Å². The van der Waals surface area contributed by atoms with Gasteiger partial charge in [0.15, 0.2) is 5.65 Å². The SMILES string of the molecule is Cc1nnc2c3cc(-c4ccccc4)c(-c4ccc(CNC(=O)Cc5ccccc5O)cc4)nc3ccn12. The summed E-state index contributed by atoms with van der Waals surface area (Å²) in [6, 6.07) is 29.3. The van der Waals surface area contributed by atoms with Gasteiger partial charge in [-0.25, -0.2) is 4.98 Å². The predicted octanol–water partition coefficient (Wildman–Crippen LogP) is 5.48. The number of amides is 1. The van der Waals surface area contributed by atoms with Crippen LogP contribution in [0.15, 0.2) is 97.2 Å². The molecule has 0 aliphatic carbocycles. The van der Waals surface area contributed by atoms with Crippen LogP contribution in [0.3, 0.4) is 0 Å². The van der Waals surface area contributed by atoms with Crippen LogP contribution in [0.4, 0.5) is 0 Å². The van der Waals surface area contributed by atoms with E-state index in [1.807, 2.05) is 66.1 Å². The third-order valence-electron chi connectivity index (χ3n) is 6.69. The van der Waals surface area contributed by atoms with Gasteiger partial charge in [-0.3, -0.25) is 9.20 Å². The number of aryl methyl sites for hydroxylation is 1. The van der Waals surface area contributed by atoms with Crippen molar-refractivity contribution < 1.29 is 9.90 Å². The maximum Gasteiger partial charge on any atom is 0.224 e. The third-order valence-corrected chi connectivity index (χ3v) is 6.69. The predicted molar refractivity (Wildman–Crippen MR) is 148 cm³/mol. The number of phenolic OH excluding ortho intramolecular Hbond substituents is 1. The highest BCUT2D eigenvalue weighted by molar-refractivity contribution is 5.98. The first-order chi connectivity index (χ1) is 18.6. The number of benzene rings is 3. The summed E-state index contributed by atoms with van der Waals surface area (Å²) in [5.74, 6) is 0.813. The Kier molecular flexibility index (Phi) is 6.01. The Labute approximate surface area is 219 Å². The first kappa shape index (κ1) is 23.4. The highest BCUT2D eigenvalue weighted by Crippen LogP contribution is 2.34. The highest BCUT2D eigenvalue weighted by Gasteiger charge is 2.15. The number of rotatable bonds is 6. The number of aromatic hydroxyl groups is 1. The molecule has 6 aromatic rings. The number of phenols is 1. The number of para-hydroxylation sites is 1. The lowest BCUT2D eigenvalue weighted by Gasteiger charge is -2.13. The van der Waals surface area contributed by atoms with Gasteiger partial charge < -0.3 is 10.4 Å². The van der Waals surface area contributed by atoms with E-state index in [-0.39, 0.29) is 18.1 Å². The number of hydrogen-bond donors (Lipinski definition) is 2. The Bertz CT molecular complexity index is 1780. The number of carbonyl (C=O) groups is 1. The summed E-state index contributed by atoms with van der Waals surface area (Å²) in [4.78, 5) is 17.5. The molecular weight excluding hydrogens is 474 g/mol. The highest BCUT2D eigenvalue weighted by atomic mass is 16.3. The minimum absolute atomic E-state index is 0.129. The molecule has 6 rings (SSSR count). The van der Waals surface area contributed by atoms with Gasteiger partial charge in [0.25, 0.3) is 0 Å². The molecule has 7 nitrogen and oxygen atoms in total. The smallest absolute Gasteiger partial charge is 0.224 e. The van der Waals surface area contributed by atoms with Crippen LogP contribution in [0.25, 0.3) is 38.9 Å². The number of carbonyl (C=O) groups excluding carboxylic acids is 1. The van der Waals surface area contributed by atoms with Crippen LogP contribution in [-0.2, 0) is 17.8 Å². The van der Waals surface area contributed by atoms with Crippen molar-refractivity contribution in [2.24, 2.45) is 0 Å². The molecule has 3 aromatic carbocycles. The van der Waals surface area contributed by atoms with Crippen LogP contribution in [0.1, 0.15) is 17.0 Å². The number of nitrogens with zero attached hydrogens (tertiary/aromatic N) is 4. The second-order valence-electron chi connectivity index (χ2n) is 9.22. The first-order valence-electron chi connectivity index (χ1n) is 12.4. The monoisotopic (exact) mass is 499 g/mol. The minimum atomic E-state index is -0.145. The zero-order chi connectivity index (χ0) is 26.1. The molecule has 0 saturated carbocycles. The number of aromatic nitrogens is 4. The van der Waals surface area contributed by atoms with Crippen LogP contribution in [0, 0.1) is 6.92 Å². The second-order valence-corrected chi connectivity index (χ2v) is 9.22. The molecule has 3 aromatic heterocycles. The lowest BCUT2D eigenvalue weighted by molar-refractivity contribution is -0.120. The van der Waals surface area contributed by atoms with Crippen molar-refractivity contribution in [3.8, 4) is 28.1 Å². The van der Waals surface area contributed by atoms with Crippen molar-refractivity contribution in [2.75, 3.05) is 0 Å². The van der Waals surface area contributed by atoms with Gasteiger partial charge in [-0.15, -0.1) is 10.2 Å². The Morgan fingerprint density at radius 1 is 0.895 bits per heavy atom. The maximum atomic E-state index is 12.4. The second kappa shape index (κ2) is 9.78. The zero-order valence-corrected chi connectivity index (χ0v) is 20.8. The fourth-order valence-electron chi connectivity index (χ4n) is 4.64. The molecule has 0 fully saturated rings. The molecule has 7 heteroatoms. The van der Waals surface area contributed by atoms with Crippen molar-refractivity contribution in [2.45, 2.75) is 19.9 Å². The number of pyridine rings is 2. The molecule has 2 N–H and O–H groups in total. The molecule has 0 aliphatic heterocycles. The van der Waals surface area contributed by atoms with Gasteiger partial charge in [0.1, 0.15) is 11.6 Å². The minimum Gasteiger partial charge on any atom is -0.508 e. The fraction of sp³-hybridized carbons (Fsp3) is 0.0968. The molecular formula is C31H25N5O2. The molecule has 0 unspecified atom stereocenters. The van der Waals surface area contributed by atoms with E-state index in [4.69, 9.17) is 4.98 Å². The Morgan fingerprint density at radius 2 is 1.66 bits per heavy atom. The molecule has 3 heterocycles. The Balaban J connectivity index is 1.30. The van der Waals surface area contributed by atoms with Crippen molar-refractivity contribution >= 4 is 22.5 Å². The summed E-state index contributed by atoms with van der Waals surface area (Å²) in [6.45, 7) is 2.33. The average Bonchev–Trinajstić information content (AvgIpc) is 3.34. The first-order valence-corrected chi connectivity index (χ1v) is 12.4. The van der Waals surface area contributed by atoms with Gasteiger partial charge in [-0.2, -0.15) is 0 Å². The van der Waals surface area contributed by atoms with Gasteiger partial charge in [0, 0.05) is 34.8 Å². The Hall–Kier alpha value is -5.04. The average molecular weight is 500 g/mol. The van der Waals surface area contributed by atoms with E-state index in [0.29, 0.717) is 12.1 Å². The molecule has 0 radical (unpaired) electrons. The van der Waals surface area contributed by atoms with E-state index in [1.165, 1.54) is 0 Å². The van der Waals surface area contributed by atoms with Crippen LogP contribution in [0.5, 0.6) is 5.75 Å². The van der Waals surface area contributed by atoms with E-state index < -0.39 is 0 Å². The van der Waals surface area contributed by atoms with Crippen molar-refractivity contribution in [1.29, 1.82) is 0 Å². The van der Waals surface area contributed by atoms with Gasteiger partial charge in [-0.05, 0) is 36.2 Å². The van der Waals surface area contributed by atoms with E-state index in [2.05, 4.69) is 33.7 Å².